The van der Waals surface area contributed by atoms with Crippen molar-refractivity contribution in [2.45, 2.75) is 13.5 Å². The predicted molar refractivity (Wildman–Crippen MR) is 76.6 cm³/mol. The molecule has 0 fully saturated rings. The number of nitrogens with zero attached hydrogens (tertiary/aromatic N) is 1. The van der Waals surface area contributed by atoms with Crippen molar-refractivity contribution in [3.63, 3.8) is 0 Å². The van der Waals surface area contributed by atoms with Gasteiger partial charge in [-0.05, 0) is 24.6 Å². The van der Waals surface area contributed by atoms with Gasteiger partial charge in [0.15, 0.2) is 0 Å². The molecule has 0 N–H and O–H groups in total. The van der Waals surface area contributed by atoms with E-state index in [1.54, 1.807) is 6.08 Å². The van der Waals surface area contributed by atoms with E-state index >= 15 is 0 Å². The zero-order chi connectivity index (χ0) is 13.5. The fraction of sp³-hybridized carbons (Fsp3) is 0.118. The van der Waals surface area contributed by atoms with Crippen LogP contribution in [0, 0.1) is 18.3 Å². The minimum absolute atomic E-state index is 0.525. The lowest BCUT2D eigenvalue weighted by atomic mass is 10.1. The van der Waals surface area contributed by atoms with Gasteiger partial charge in [0.25, 0.3) is 0 Å². The molecule has 2 aromatic carbocycles. The summed E-state index contributed by atoms with van der Waals surface area (Å²) in [6.07, 6.45) is 3.21. The Morgan fingerprint density at radius 1 is 1.11 bits per heavy atom. The fourth-order valence-electron chi connectivity index (χ4n) is 1.72. The number of aryl methyl sites for hydroxylation is 1. The molecule has 0 aliphatic heterocycles. The van der Waals surface area contributed by atoms with Crippen LogP contribution in [0.4, 0.5) is 0 Å². The molecule has 0 aromatic heterocycles. The van der Waals surface area contributed by atoms with Crippen molar-refractivity contribution in [3.05, 3.63) is 71.3 Å². The highest BCUT2D eigenvalue weighted by Crippen LogP contribution is 2.20. The average Bonchev–Trinajstić information content (AvgIpc) is 2.45. The molecule has 0 atom stereocenters. The molecule has 0 saturated carbocycles. The van der Waals surface area contributed by atoms with Crippen LogP contribution >= 0.6 is 0 Å². The standard InChI is InChI=1S/C17H15NO/c1-14-8-10-15(11-9-14)13-19-17-7-3-2-5-16(17)6-4-12-18/h2-11H,13H2,1H3. The summed E-state index contributed by atoms with van der Waals surface area (Å²) in [6, 6.07) is 17.9. The summed E-state index contributed by atoms with van der Waals surface area (Å²) < 4.78 is 5.80. The van der Waals surface area contributed by atoms with E-state index in [-0.39, 0.29) is 0 Å². The number of nitriles is 1. The zero-order valence-electron chi connectivity index (χ0n) is 10.8. The molecule has 0 amide bonds. The van der Waals surface area contributed by atoms with Crippen molar-refractivity contribution < 1.29 is 4.74 Å². The Morgan fingerprint density at radius 2 is 1.84 bits per heavy atom. The smallest absolute Gasteiger partial charge is 0.127 e. The molecule has 0 radical (unpaired) electrons. The van der Waals surface area contributed by atoms with Gasteiger partial charge in [-0.15, -0.1) is 0 Å². The van der Waals surface area contributed by atoms with Gasteiger partial charge < -0.3 is 4.74 Å². The first-order chi connectivity index (χ1) is 9.29. The van der Waals surface area contributed by atoms with Crippen LogP contribution in [0.25, 0.3) is 6.08 Å². The molecule has 2 heteroatoms. The third-order valence-corrected chi connectivity index (χ3v) is 2.77. The molecule has 2 aromatic rings. The second kappa shape index (κ2) is 6.42. The number of para-hydroxylation sites is 1. The fourth-order valence-corrected chi connectivity index (χ4v) is 1.72. The van der Waals surface area contributed by atoms with Gasteiger partial charge in [0.05, 0.1) is 6.07 Å². The second-order valence-corrected chi connectivity index (χ2v) is 4.27. The van der Waals surface area contributed by atoms with Crippen molar-refractivity contribution in [2.75, 3.05) is 0 Å². The molecule has 0 saturated heterocycles. The minimum atomic E-state index is 0.525. The van der Waals surface area contributed by atoms with Crippen LogP contribution in [-0.2, 0) is 6.61 Å². The van der Waals surface area contributed by atoms with Crippen LogP contribution in [0.5, 0.6) is 5.75 Å². The van der Waals surface area contributed by atoms with Crippen molar-refractivity contribution in [3.8, 4) is 11.8 Å². The van der Waals surface area contributed by atoms with Gasteiger partial charge in [-0.25, -0.2) is 0 Å². The van der Waals surface area contributed by atoms with E-state index in [1.165, 1.54) is 11.6 Å². The van der Waals surface area contributed by atoms with E-state index in [2.05, 4.69) is 31.2 Å². The Bertz CT molecular complexity index is 606. The Kier molecular flexibility index (Phi) is 4.36. The largest absolute Gasteiger partial charge is 0.488 e. The SMILES string of the molecule is Cc1ccc(COc2ccccc2C=CC#N)cc1. The summed E-state index contributed by atoms with van der Waals surface area (Å²) in [5.41, 5.74) is 3.28. The third-order valence-electron chi connectivity index (χ3n) is 2.77. The van der Waals surface area contributed by atoms with E-state index in [1.807, 2.05) is 30.3 Å². The van der Waals surface area contributed by atoms with Crippen LogP contribution in [0.15, 0.2) is 54.6 Å². The maximum atomic E-state index is 8.57. The lowest BCUT2D eigenvalue weighted by Crippen LogP contribution is -1.96. The highest BCUT2D eigenvalue weighted by atomic mass is 16.5. The number of hydrogen-bond acceptors (Lipinski definition) is 2. The van der Waals surface area contributed by atoms with E-state index in [0.29, 0.717) is 6.61 Å². The summed E-state index contributed by atoms with van der Waals surface area (Å²) in [4.78, 5) is 0. The van der Waals surface area contributed by atoms with E-state index in [4.69, 9.17) is 10.00 Å². The van der Waals surface area contributed by atoms with Crippen LogP contribution in [-0.4, -0.2) is 0 Å². The molecule has 2 nitrogen and oxygen atoms in total. The molecule has 0 aliphatic rings. The molecular formula is C17H15NO. The highest BCUT2D eigenvalue weighted by molar-refractivity contribution is 5.58. The summed E-state index contributed by atoms with van der Waals surface area (Å²) in [6.45, 7) is 2.59. The molecule has 0 bridgehead atoms. The van der Waals surface area contributed by atoms with Gasteiger partial charge in [-0.1, -0.05) is 48.0 Å². The quantitative estimate of drug-likeness (QED) is 0.764. The Morgan fingerprint density at radius 3 is 2.58 bits per heavy atom. The third kappa shape index (κ3) is 3.72. The molecule has 0 aliphatic carbocycles. The molecule has 0 unspecified atom stereocenters. The van der Waals surface area contributed by atoms with Gasteiger partial charge in [0, 0.05) is 11.6 Å². The molecule has 0 heterocycles. The van der Waals surface area contributed by atoms with Gasteiger partial charge in [-0.2, -0.15) is 5.26 Å². The van der Waals surface area contributed by atoms with Crippen LogP contribution in [0.3, 0.4) is 0 Å². The average molecular weight is 249 g/mol. The molecule has 2 rings (SSSR count). The number of allylic oxidation sites excluding steroid dienone is 1. The molecule has 0 spiro atoms. The number of hydrogen-bond donors (Lipinski definition) is 0. The first-order valence-corrected chi connectivity index (χ1v) is 6.13. The number of benzene rings is 2. The Hall–Kier alpha value is -2.53. The lowest BCUT2D eigenvalue weighted by Gasteiger charge is -2.09. The zero-order valence-corrected chi connectivity index (χ0v) is 10.8. The van der Waals surface area contributed by atoms with Gasteiger partial charge in [0.1, 0.15) is 12.4 Å². The molecular weight excluding hydrogens is 234 g/mol. The van der Waals surface area contributed by atoms with Crippen LogP contribution in [0.1, 0.15) is 16.7 Å². The topological polar surface area (TPSA) is 33.0 Å². The summed E-state index contributed by atoms with van der Waals surface area (Å²) in [5.74, 6) is 0.787. The Labute approximate surface area is 113 Å². The van der Waals surface area contributed by atoms with Crippen molar-refractivity contribution in [1.82, 2.24) is 0 Å². The highest BCUT2D eigenvalue weighted by Gasteiger charge is 2.00. The van der Waals surface area contributed by atoms with Crippen molar-refractivity contribution in [1.29, 1.82) is 5.26 Å². The maximum absolute atomic E-state index is 8.57. The summed E-state index contributed by atoms with van der Waals surface area (Å²) >= 11 is 0. The van der Waals surface area contributed by atoms with Crippen molar-refractivity contribution in [2.24, 2.45) is 0 Å². The van der Waals surface area contributed by atoms with Gasteiger partial charge >= 0.3 is 0 Å². The van der Waals surface area contributed by atoms with Crippen LogP contribution < -0.4 is 4.74 Å². The number of rotatable bonds is 4. The Balaban J connectivity index is 2.09. The molecule has 19 heavy (non-hydrogen) atoms. The van der Waals surface area contributed by atoms with E-state index in [9.17, 15) is 0 Å². The molecule has 94 valence electrons. The summed E-state index contributed by atoms with van der Waals surface area (Å²) in [5, 5.41) is 8.57. The maximum Gasteiger partial charge on any atom is 0.127 e. The van der Waals surface area contributed by atoms with Gasteiger partial charge in [0.2, 0.25) is 0 Å². The second-order valence-electron chi connectivity index (χ2n) is 4.27. The van der Waals surface area contributed by atoms with E-state index in [0.717, 1.165) is 16.9 Å². The normalized spacial score (nSPS) is 10.3. The summed E-state index contributed by atoms with van der Waals surface area (Å²) in [7, 11) is 0. The lowest BCUT2D eigenvalue weighted by molar-refractivity contribution is 0.305. The van der Waals surface area contributed by atoms with Crippen LogP contribution in [0.2, 0.25) is 0 Å². The monoisotopic (exact) mass is 249 g/mol. The van der Waals surface area contributed by atoms with Gasteiger partial charge in [-0.3, -0.25) is 0 Å². The predicted octanol–water partition coefficient (Wildman–Crippen LogP) is 4.11. The minimum Gasteiger partial charge on any atom is -0.488 e. The number of ether oxygens (including phenoxy) is 1. The van der Waals surface area contributed by atoms with E-state index < -0.39 is 0 Å². The first kappa shape index (κ1) is 12.9. The first-order valence-electron chi connectivity index (χ1n) is 6.13. The van der Waals surface area contributed by atoms with Crippen molar-refractivity contribution >= 4 is 6.08 Å².